The van der Waals surface area contributed by atoms with Crippen molar-refractivity contribution in [1.82, 2.24) is 15.2 Å². The molecule has 0 aromatic carbocycles. The molecule has 0 unspecified atom stereocenters. The fraction of sp³-hybridized carbons (Fsp3) is 0.647. The molecular formula is C17H29N5O. The van der Waals surface area contributed by atoms with Crippen molar-refractivity contribution in [3.05, 3.63) is 23.9 Å². The van der Waals surface area contributed by atoms with Crippen molar-refractivity contribution in [2.45, 2.75) is 33.4 Å². The van der Waals surface area contributed by atoms with E-state index in [0.29, 0.717) is 6.54 Å². The van der Waals surface area contributed by atoms with Crippen LogP contribution >= 0.6 is 0 Å². The van der Waals surface area contributed by atoms with Gasteiger partial charge in [0.1, 0.15) is 5.82 Å². The van der Waals surface area contributed by atoms with Crippen LogP contribution in [0.5, 0.6) is 0 Å². The Hall–Kier alpha value is -1.66. The lowest BCUT2D eigenvalue weighted by molar-refractivity contribution is -0.124. The van der Waals surface area contributed by atoms with E-state index >= 15 is 0 Å². The number of hydrogen-bond donors (Lipinski definition) is 2. The summed E-state index contributed by atoms with van der Waals surface area (Å²) in [5, 5.41) is 2.95. The number of nitrogens with one attached hydrogen (secondary N) is 1. The molecule has 23 heavy (non-hydrogen) atoms. The fourth-order valence-corrected chi connectivity index (χ4v) is 2.56. The predicted molar refractivity (Wildman–Crippen MR) is 93.2 cm³/mol. The van der Waals surface area contributed by atoms with Crippen LogP contribution in [-0.4, -0.2) is 55.1 Å². The van der Waals surface area contributed by atoms with Crippen LogP contribution in [0.25, 0.3) is 0 Å². The van der Waals surface area contributed by atoms with Crippen LogP contribution in [0.3, 0.4) is 0 Å². The van der Waals surface area contributed by atoms with Crippen molar-refractivity contribution < 1.29 is 4.79 Å². The summed E-state index contributed by atoms with van der Waals surface area (Å²) < 4.78 is 0. The quantitative estimate of drug-likeness (QED) is 0.859. The molecule has 1 fully saturated rings. The van der Waals surface area contributed by atoms with Gasteiger partial charge in [0.2, 0.25) is 5.91 Å². The molecule has 6 nitrogen and oxygen atoms in total. The summed E-state index contributed by atoms with van der Waals surface area (Å²) in [5.74, 6) is 0.843. The fourth-order valence-electron chi connectivity index (χ4n) is 2.56. The van der Waals surface area contributed by atoms with E-state index in [1.807, 2.05) is 32.9 Å². The Morgan fingerprint density at radius 1 is 1.35 bits per heavy atom. The van der Waals surface area contributed by atoms with Gasteiger partial charge >= 0.3 is 0 Å². The Morgan fingerprint density at radius 2 is 2.00 bits per heavy atom. The average Bonchev–Trinajstić information content (AvgIpc) is 2.52. The highest BCUT2D eigenvalue weighted by Crippen LogP contribution is 2.20. The topological polar surface area (TPSA) is 74.5 Å². The van der Waals surface area contributed by atoms with Gasteiger partial charge in [-0.05, 0) is 18.5 Å². The van der Waals surface area contributed by atoms with Crippen molar-refractivity contribution >= 4 is 11.7 Å². The number of nitrogens with two attached hydrogens (primary N) is 1. The number of rotatable bonds is 4. The molecule has 0 bridgehead atoms. The van der Waals surface area contributed by atoms with E-state index in [2.05, 4.69) is 27.1 Å². The first-order valence-corrected chi connectivity index (χ1v) is 8.19. The summed E-state index contributed by atoms with van der Waals surface area (Å²) >= 11 is 0. The van der Waals surface area contributed by atoms with Crippen LogP contribution in [0.1, 0.15) is 26.3 Å². The summed E-state index contributed by atoms with van der Waals surface area (Å²) in [4.78, 5) is 21.3. The highest BCUT2D eigenvalue weighted by atomic mass is 16.2. The Morgan fingerprint density at radius 3 is 2.61 bits per heavy atom. The first-order chi connectivity index (χ1) is 10.8. The first kappa shape index (κ1) is 17.7. The second-order valence-corrected chi connectivity index (χ2v) is 7.34. The highest BCUT2D eigenvalue weighted by molar-refractivity contribution is 5.82. The second kappa shape index (κ2) is 7.27. The minimum absolute atomic E-state index is 0.120. The van der Waals surface area contributed by atoms with Crippen LogP contribution in [0.15, 0.2) is 18.3 Å². The lowest BCUT2D eigenvalue weighted by Gasteiger charge is -2.34. The van der Waals surface area contributed by atoms with Gasteiger partial charge in [-0.15, -0.1) is 0 Å². The number of piperazine rings is 1. The largest absolute Gasteiger partial charge is 0.354 e. The maximum atomic E-state index is 12.2. The molecule has 0 spiro atoms. The van der Waals surface area contributed by atoms with Crippen molar-refractivity contribution in [1.29, 1.82) is 0 Å². The molecule has 0 saturated carbocycles. The lowest BCUT2D eigenvalue weighted by atomic mass is 9.87. The summed E-state index contributed by atoms with van der Waals surface area (Å²) in [6.07, 6.45) is 1.81. The highest BCUT2D eigenvalue weighted by Gasteiger charge is 2.27. The molecule has 3 N–H and O–H groups in total. The van der Waals surface area contributed by atoms with Gasteiger partial charge in [-0.3, -0.25) is 4.79 Å². The average molecular weight is 319 g/mol. The van der Waals surface area contributed by atoms with E-state index < -0.39 is 6.04 Å². The van der Waals surface area contributed by atoms with Gasteiger partial charge in [0.25, 0.3) is 0 Å². The summed E-state index contributed by atoms with van der Waals surface area (Å²) in [7, 11) is 2.13. The van der Waals surface area contributed by atoms with Gasteiger partial charge in [0.05, 0.1) is 6.04 Å². The molecular weight excluding hydrogens is 290 g/mol. The predicted octanol–water partition coefficient (Wildman–Crippen LogP) is 0.823. The van der Waals surface area contributed by atoms with Crippen LogP contribution in [0.4, 0.5) is 5.82 Å². The van der Waals surface area contributed by atoms with Gasteiger partial charge in [-0.1, -0.05) is 26.8 Å². The Bertz CT molecular complexity index is 532. The van der Waals surface area contributed by atoms with E-state index in [1.54, 1.807) is 6.20 Å². The van der Waals surface area contributed by atoms with Crippen molar-refractivity contribution in [2.24, 2.45) is 11.1 Å². The van der Waals surface area contributed by atoms with Crippen molar-refractivity contribution in [2.75, 3.05) is 38.1 Å². The van der Waals surface area contributed by atoms with E-state index in [0.717, 1.165) is 37.6 Å². The summed E-state index contributed by atoms with van der Waals surface area (Å²) in [5.41, 5.74) is 6.79. The van der Waals surface area contributed by atoms with Crippen LogP contribution < -0.4 is 16.0 Å². The smallest absolute Gasteiger partial charge is 0.237 e. The number of amides is 1. The summed E-state index contributed by atoms with van der Waals surface area (Å²) in [6, 6.07) is 3.40. The number of likely N-dealkylation sites (N-methyl/N-ethyl adjacent to an activating group) is 1. The second-order valence-electron chi connectivity index (χ2n) is 7.34. The minimum Gasteiger partial charge on any atom is -0.354 e. The third kappa shape index (κ3) is 4.65. The molecule has 1 aliphatic rings. The maximum Gasteiger partial charge on any atom is 0.237 e. The van der Waals surface area contributed by atoms with Gasteiger partial charge in [-0.25, -0.2) is 4.98 Å². The number of nitrogens with zero attached hydrogens (tertiary/aromatic N) is 3. The zero-order valence-electron chi connectivity index (χ0n) is 14.7. The number of carbonyl (C=O) groups excluding carboxylic acids is 1. The SMILES string of the molecule is CN1CCN(c2ncccc2CNC(=O)[C@@H](N)C(C)(C)C)CC1. The van der Waals surface area contributed by atoms with E-state index in [-0.39, 0.29) is 11.3 Å². The number of hydrogen-bond acceptors (Lipinski definition) is 5. The molecule has 1 aromatic heterocycles. The number of anilines is 1. The molecule has 1 amide bonds. The zero-order valence-corrected chi connectivity index (χ0v) is 14.7. The molecule has 1 atom stereocenters. The molecule has 0 aliphatic carbocycles. The first-order valence-electron chi connectivity index (χ1n) is 8.19. The molecule has 2 heterocycles. The molecule has 1 aromatic rings. The Balaban J connectivity index is 2.02. The maximum absolute atomic E-state index is 12.2. The minimum atomic E-state index is -0.522. The summed E-state index contributed by atoms with van der Waals surface area (Å²) in [6.45, 7) is 10.3. The van der Waals surface area contributed by atoms with Crippen LogP contribution in [0, 0.1) is 5.41 Å². The van der Waals surface area contributed by atoms with Gasteiger partial charge in [-0.2, -0.15) is 0 Å². The van der Waals surface area contributed by atoms with Crippen molar-refractivity contribution in [3.63, 3.8) is 0 Å². The molecule has 1 aliphatic heterocycles. The molecule has 6 heteroatoms. The molecule has 1 saturated heterocycles. The number of pyridine rings is 1. The zero-order chi connectivity index (χ0) is 17.0. The van der Waals surface area contributed by atoms with E-state index in [1.165, 1.54) is 0 Å². The van der Waals surface area contributed by atoms with Gasteiger partial charge in [0.15, 0.2) is 0 Å². The third-order valence-corrected chi connectivity index (χ3v) is 4.34. The van der Waals surface area contributed by atoms with Crippen molar-refractivity contribution in [3.8, 4) is 0 Å². The number of aromatic nitrogens is 1. The Labute approximate surface area is 139 Å². The van der Waals surface area contributed by atoms with Crippen LogP contribution in [0.2, 0.25) is 0 Å². The normalized spacial score (nSPS) is 17.9. The molecule has 128 valence electrons. The standard InChI is InChI=1S/C17H29N5O/c1-17(2,3)14(18)16(23)20-12-13-6-5-7-19-15(13)22-10-8-21(4)9-11-22/h5-7,14H,8-12,18H2,1-4H3,(H,20,23)/t14-/m1/s1. The molecule has 0 radical (unpaired) electrons. The van der Waals surface area contributed by atoms with E-state index in [4.69, 9.17) is 5.73 Å². The van der Waals surface area contributed by atoms with E-state index in [9.17, 15) is 4.79 Å². The monoisotopic (exact) mass is 319 g/mol. The Kier molecular flexibility index (Phi) is 5.59. The van der Waals surface area contributed by atoms with Gasteiger partial charge < -0.3 is 20.9 Å². The van der Waals surface area contributed by atoms with Gasteiger partial charge in [0, 0.05) is 44.5 Å². The lowest BCUT2D eigenvalue weighted by Crippen LogP contribution is -2.48. The third-order valence-electron chi connectivity index (χ3n) is 4.34. The molecule has 2 rings (SSSR count). The van der Waals surface area contributed by atoms with Crippen LogP contribution in [-0.2, 0) is 11.3 Å². The number of carbonyl (C=O) groups is 1.